The third kappa shape index (κ3) is 2.45. The topological polar surface area (TPSA) is 34.2 Å². The summed E-state index contributed by atoms with van der Waals surface area (Å²) in [6, 6.07) is 3.95. The van der Waals surface area contributed by atoms with E-state index in [2.05, 4.69) is 26.2 Å². The van der Waals surface area contributed by atoms with E-state index >= 15 is 0 Å². The summed E-state index contributed by atoms with van der Waals surface area (Å²) in [5.74, 6) is 0.641. The second-order valence-corrected chi connectivity index (χ2v) is 4.20. The van der Waals surface area contributed by atoms with E-state index in [1.165, 1.54) is 0 Å². The number of hydrogen-bond acceptors (Lipinski definition) is 3. The zero-order valence-corrected chi connectivity index (χ0v) is 9.46. The van der Waals surface area contributed by atoms with Crippen LogP contribution in [-0.2, 0) is 4.74 Å². The monoisotopic (exact) mass is 256 g/mol. The van der Waals surface area contributed by atoms with E-state index in [4.69, 9.17) is 4.74 Å². The van der Waals surface area contributed by atoms with Crippen molar-refractivity contribution in [2.24, 2.45) is 5.92 Å². The van der Waals surface area contributed by atoms with Crippen LogP contribution in [0, 0.1) is 5.92 Å². The molecular weight excluding hydrogens is 244 g/mol. The lowest BCUT2D eigenvalue weighted by molar-refractivity contribution is 0.187. The van der Waals surface area contributed by atoms with E-state index in [1.807, 2.05) is 12.1 Å². The van der Waals surface area contributed by atoms with Gasteiger partial charge in [0.2, 0.25) is 0 Å². The quantitative estimate of drug-likeness (QED) is 0.843. The molecule has 0 bridgehead atoms. The molecule has 1 fully saturated rings. The Morgan fingerprint density at radius 2 is 2.57 bits per heavy atom. The molecule has 1 aliphatic rings. The maximum atomic E-state index is 5.31. The van der Waals surface area contributed by atoms with Crippen LogP contribution in [0.2, 0.25) is 0 Å². The molecule has 1 aliphatic heterocycles. The fourth-order valence-corrected chi connectivity index (χ4v) is 1.91. The van der Waals surface area contributed by atoms with Crippen molar-refractivity contribution in [1.82, 2.24) is 4.98 Å². The van der Waals surface area contributed by atoms with Gasteiger partial charge in [-0.15, -0.1) is 0 Å². The van der Waals surface area contributed by atoms with Gasteiger partial charge < -0.3 is 10.1 Å². The number of anilines is 1. The average Bonchev–Trinajstić information content (AvgIpc) is 2.69. The zero-order chi connectivity index (χ0) is 9.80. The number of nitrogens with zero attached hydrogens (tertiary/aromatic N) is 1. The normalized spacial score (nSPS) is 21.1. The molecule has 1 aromatic heterocycles. The van der Waals surface area contributed by atoms with Crippen LogP contribution < -0.4 is 5.32 Å². The molecule has 2 heterocycles. The van der Waals surface area contributed by atoms with E-state index in [0.717, 1.165) is 36.5 Å². The van der Waals surface area contributed by atoms with Gasteiger partial charge in [-0.1, -0.05) is 0 Å². The van der Waals surface area contributed by atoms with Crippen LogP contribution in [0.25, 0.3) is 0 Å². The minimum Gasteiger partial charge on any atom is -0.382 e. The molecular formula is C10H13BrN2O. The standard InChI is InChI=1S/C10H13BrN2O/c11-10-9(2-1-4-12-10)13-6-8-3-5-14-7-8/h1-2,4,8,13H,3,5-7H2. The Hall–Kier alpha value is -0.610. The van der Waals surface area contributed by atoms with E-state index < -0.39 is 0 Å². The number of hydrogen-bond donors (Lipinski definition) is 1. The van der Waals surface area contributed by atoms with Crippen LogP contribution in [0.15, 0.2) is 22.9 Å². The van der Waals surface area contributed by atoms with Gasteiger partial charge in [0.25, 0.3) is 0 Å². The first-order valence-electron chi connectivity index (χ1n) is 4.78. The van der Waals surface area contributed by atoms with Crippen molar-refractivity contribution in [3.63, 3.8) is 0 Å². The summed E-state index contributed by atoms with van der Waals surface area (Å²) >= 11 is 3.40. The summed E-state index contributed by atoms with van der Waals surface area (Å²) < 4.78 is 6.18. The Morgan fingerprint density at radius 3 is 3.29 bits per heavy atom. The molecule has 1 saturated heterocycles. The molecule has 0 saturated carbocycles. The number of aromatic nitrogens is 1. The van der Waals surface area contributed by atoms with Gasteiger partial charge in [0.1, 0.15) is 4.60 Å². The molecule has 0 aromatic carbocycles. The lowest BCUT2D eigenvalue weighted by Gasteiger charge is -2.11. The first-order valence-corrected chi connectivity index (χ1v) is 5.57. The fourth-order valence-electron chi connectivity index (χ4n) is 1.52. The molecule has 76 valence electrons. The predicted octanol–water partition coefficient (Wildman–Crippen LogP) is 2.29. The van der Waals surface area contributed by atoms with Gasteiger partial charge in [-0.25, -0.2) is 4.98 Å². The van der Waals surface area contributed by atoms with Gasteiger partial charge in [-0.3, -0.25) is 0 Å². The third-order valence-electron chi connectivity index (χ3n) is 2.36. The maximum Gasteiger partial charge on any atom is 0.129 e. The van der Waals surface area contributed by atoms with E-state index in [9.17, 15) is 0 Å². The average molecular weight is 257 g/mol. The number of halogens is 1. The number of nitrogens with one attached hydrogen (secondary N) is 1. The fraction of sp³-hybridized carbons (Fsp3) is 0.500. The minimum absolute atomic E-state index is 0.641. The van der Waals surface area contributed by atoms with Crippen LogP contribution in [0.3, 0.4) is 0 Å². The minimum atomic E-state index is 0.641. The van der Waals surface area contributed by atoms with E-state index in [0.29, 0.717) is 5.92 Å². The van der Waals surface area contributed by atoms with Gasteiger partial charge in [-0.2, -0.15) is 0 Å². The maximum absolute atomic E-state index is 5.31. The van der Waals surface area contributed by atoms with Gasteiger partial charge in [0.05, 0.1) is 12.3 Å². The second kappa shape index (κ2) is 4.75. The van der Waals surface area contributed by atoms with Crippen molar-refractivity contribution in [3.8, 4) is 0 Å². The highest BCUT2D eigenvalue weighted by molar-refractivity contribution is 9.10. The van der Waals surface area contributed by atoms with Crippen molar-refractivity contribution >= 4 is 21.6 Å². The Balaban J connectivity index is 1.88. The Morgan fingerprint density at radius 1 is 1.64 bits per heavy atom. The Labute approximate surface area is 92.0 Å². The Kier molecular flexibility index (Phi) is 3.37. The van der Waals surface area contributed by atoms with Crippen LogP contribution in [0.4, 0.5) is 5.69 Å². The predicted molar refractivity (Wildman–Crippen MR) is 59.4 cm³/mol. The van der Waals surface area contributed by atoms with Gasteiger partial charge in [0, 0.05) is 25.3 Å². The number of rotatable bonds is 3. The SMILES string of the molecule is Brc1ncccc1NCC1CCOC1. The molecule has 1 unspecified atom stereocenters. The van der Waals surface area contributed by atoms with Gasteiger partial charge in [0.15, 0.2) is 0 Å². The third-order valence-corrected chi connectivity index (χ3v) is 3.00. The van der Waals surface area contributed by atoms with Crippen molar-refractivity contribution < 1.29 is 4.74 Å². The molecule has 1 N–H and O–H groups in total. The van der Waals surface area contributed by atoms with Crippen molar-refractivity contribution in [3.05, 3.63) is 22.9 Å². The molecule has 2 rings (SSSR count). The molecule has 1 aromatic rings. The molecule has 0 radical (unpaired) electrons. The molecule has 14 heavy (non-hydrogen) atoms. The summed E-state index contributed by atoms with van der Waals surface area (Å²) in [6.07, 6.45) is 2.93. The molecule has 0 aliphatic carbocycles. The lowest BCUT2D eigenvalue weighted by atomic mass is 10.1. The first-order chi connectivity index (χ1) is 6.86. The largest absolute Gasteiger partial charge is 0.382 e. The summed E-state index contributed by atoms with van der Waals surface area (Å²) in [5.41, 5.74) is 1.06. The van der Waals surface area contributed by atoms with Crippen LogP contribution in [0.5, 0.6) is 0 Å². The molecule has 0 amide bonds. The van der Waals surface area contributed by atoms with Crippen LogP contribution in [-0.4, -0.2) is 24.7 Å². The highest BCUT2D eigenvalue weighted by Crippen LogP contribution is 2.20. The van der Waals surface area contributed by atoms with Crippen LogP contribution in [0.1, 0.15) is 6.42 Å². The second-order valence-electron chi connectivity index (χ2n) is 3.45. The van der Waals surface area contributed by atoms with Crippen LogP contribution >= 0.6 is 15.9 Å². The van der Waals surface area contributed by atoms with E-state index in [1.54, 1.807) is 6.20 Å². The van der Waals surface area contributed by atoms with Crippen molar-refractivity contribution in [1.29, 1.82) is 0 Å². The summed E-state index contributed by atoms with van der Waals surface area (Å²) in [4.78, 5) is 4.15. The lowest BCUT2D eigenvalue weighted by Crippen LogP contribution is -2.14. The molecule has 1 atom stereocenters. The Bertz CT molecular complexity index is 300. The highest BCUT2D eigenvalue weighted by atomic mass is 79.9. The van der Waals surface area contributed by atoms with Crippen molar-refractivity contribution in [2.45, 2.75) is 6.42 Å². The summed E-state index contributed by atoms with van der Waals surface area (Å²) in [7, 11) is 0. The molecule has 3 nitrogen and oxygen atoms in total. The van der Waals surface area contributed by atoms with E-state index in [-0.39, 0.29) is 0 Å². The van der Waals surface area contributed by atoms with Gasteiger partial charge >= 0.3 is 0 Å². The highest BCUT2D eigenvalue weighted by Gasteiger charge is 2.15. The van der Waals surface area contributed by atoms with Gasteiger partial charge in [-0.05, 0) is 34.5 Å². The summed E-state index contributed by atoms with van der Waals surface area (Å²) in [6.45, 7) is 2.75. The zero-order valence-electron chi connectivity index (χ0n) is 7.87. The molecule has 0 spiro atoms. The number of ether oxygens (including phenoxy) is 1. The first kappa shape index (κ1) is 9.93. The van der Waals surface area contributed by atoms with Crippen molar-refractivity contribution in [2.75, 3.05) is 25.1 Å². The smallest absolute Gasteiger partial charge is 0.129 e. The summed E-state index contributed by atoms with van der Waals surface area (Å²) in [5, 5.41) is 3.37. The number of pyridine rings is 1. The molecule has 4 heteroatoms.